The molecule has 0 atom stereocenters. The summed E-state index contributed by atoms with van der Waals surface area (Å²) >= 11 is 6.81. The molecule has 0 aliphatic heterocycles. The fourth-order valence-electron chi connectivity index (χ4n) is 1.42. The number of nitrogens with one attached hydrogen (secondary N) is 1. The summed E-state index contributed by atoms with van der Waals surface area (Å²) in [6, 6.07) is 7.88. The number of aryl methyl sites for hydroxylation is 1. The first-order valence-corrected chi connectivity index (χ1v) is 6.59. The van der Waals surface area contributed by atoms with E-state index in [4.69, 9.17) is 5.73 Å². The van der Waals surface area contributed by atoms with Gasteiger partial charge in [0.25, 0.3) is 0 Å². The number of hydrogen-bond donors (Lipinski definition) is 2. The number of anilines is 3. The second-order valence-electron chi connectivity index (χ2n) is 3.70. The van der Waals surface area contributed by atoms with Gasteiger partial charge in [-0.3, -0.25) is 0 Å². The van der Waals surface area contributed by atoms with Crippen LogP contribution < -0.4 is 11.1 Å². The highest BCUT2D eigenvalue weighted by molar-refractivity contribution is 9.10. The van der Waals surface area contributed by atoms with Crippen LogP contribution in [-0.4, -0.2) is 4.98 Å². The Balaban J connectivity index is 2.34. The number of hydrogen-bond acceptors (Lipinski definition) is 3. The molecule has 0 unspecified atom stereocenters. The maximum Gasteiger partial charge on any atom is 0.153 e. The van der Waals surface area contributed by atoms with Crippen molar-refractivity contribution < 1.29 is 0 Å². The van der Waals surface area contributed by atoms with Gasteiger partial charge >= 0.3 is 0 Å². The van der Waals surface area contributed by atoms with E-state index in [9.17, 15) is 0 Å². The van der Waals surface area contributed by atoms with Crippen LogP contribution in [0.4, 0.5) is 17.2 Å². The van der Waals surface area contributed by atoms with E-state index in [2.05, 4.69) is 42.2 Å². The number of rotatable bonds is 2. The first-order chi connectivity index (χ1) is 8.06. The third-order valence-electron chi connectivity index (χ3n) is 2.26. The first kappa shape index (κ1) is 12.4. The number of halogens is 2. The Morgan fingerprint density at radius 1 is 1.24 bits per heavy atom. The first-order valence-electron chi connectivity index (χ1n) is 5.00. The number of nitrogens with two attached hydrogens (primary N) is 1. The third-order valence-corrected chi connectivity index (χ3v) is 3.38. The van der Waals surface area contributed by atoms with Gasteiger partial charge in [-0.05, 0) is 62.5 Å². The molecule has 1 aromatic heterocycles. The van der Waals surface area contributed by atoms with Crippen LogP contribution in [-0.2, 0) is 0 Å². The highest BCUT2D eigenvalue weighted by Gasteiger charge is 2.05. The topological polar surface area (TPSA) is 50.9 Å². The molecule has 0 spiro atoms. The van der Waals surface area contributed by atoms with Crippen LogP contribution in [0.5, 0.6) is 0 Å². The Hall–Kier alpha value is -1.07. The fraction of sp³-hybridized carbons (Fsp3) is 0.0833. The third kappa shape index (κ3) is 2.98. The van der Waals surface area contributed by atoms with Gasteiger partial charge in [0.2, 0.25) is 0 Å². The lowest BCUT2D eigenvalue weighted by molar-refractivity contribution is 1.29. The summed E-state index contributed by atoms with van der Waals surface area (Å²) in [4.78, 5) is 4.24. The molecule has 88 valence electrons. The van der Waals surface area contributed by atoms with Crippen molar-refractivity contribution in [2.75, 3.05) is 11.1 Å². The second kappa shape index (κ2) is 5.06. The molecule has 0 bridgehead atoms. The van der Waals surface area contributed by atoms with Crippen molar-refractivity contribution in [3.8, 4) is 0 Å². The molecule has 0 fully saturated rings. The molecule has 0 saturated carbocycles. The summed E-state index contributed by atoms with van der Waals surface area (Å²) in [6.07, 6.45) is 1.71. The smallest absolute Gasteiger partial charge is 0.153 e. The zero-order valence-corrected chi connectivity index (χ0v) is 12.3. The van der Waals surface area contributed by atoms with Gasteiger partial charge in [0, 0.05) is 15.1 Å². The van der Waals surface area contributed by atoms with E-state index in [1.54, 1.807) is 6.20 Å². The molecule has 0 aliphatic rings. The number of benzene rings is 1. The molecule has 1 aromatic carbocycles. The van der Waals surface area contributed by atoms with Crippen molar-refractivity contribution >= 4 is 49.1 Å². The molecular weight excluding hydrogens is 346 g/mol. The van der Waals surface area contributed by atoms with Crippen molar-refractivity contribution in [1.29, 1.82) is 0 Å². The summed E-state index contributed by atoms with van der Waals surface area (Å²) in [5.74, 6) is 0.652. The van der Waals surface area contributed by atoms with Crippen LogP contribution in [0.2, 0.25) is 0 Å². The molecule has 2 aromatic rings. The molecule has 3 nitrogen and oxygen atoms in total. The predicted molar refractivity (Wildman–Crippen MR) is 78.5 cm³/mol. The van der Waals surface area contributed by atoms with E-state index >= 15 is 0 Å². The minimum Gasteiger partial charge on any atom is -0.396 e. The average Bonchev–Trinajstić information content (AvgIpc) is 2.27. The monoisotopic (exact) mass is 355 g/mol. The highest BCUT2D eigenvalue weighted by atomic mass is 79.9. The Morgan fingerprint density at radius 3 is 2.71 bits per heavy atom. The maximum atomic E-state index is 5.89. The van der Waals surface area contributed by atoms with Crippen molar-refractivity contribution in [2.45, 2.75) is 6.92 Å². The molecule has 17 heavy (non-hydrogen) atoms. The van der Waals surface area contributed by atoms with Gasteiger partial charge in [-0.2, -0.15) is 0 Å². The van der Waals surface area contributed by atoms with E-state index in [1.807, 2.05) is 31.2 Å². The van der Waals surface area contributed by atoms with Gasteiger partial charge in [-0.25, -0.2) is 4.98 Å². The Bertz CT molecular complexity index is 555. The second-order valence-corrected chi connectivity index (χ2v) is 5.47. The zero-order chi connectivity index (χ0) is 12.4. The van der Waals surface area contributed by atoms with Gasteiger partial charge < -0.3 is 11.1 Å². The van der Waals surface area contributed by atoms with Gasteiger partial charge in [0.15, 0.2) is 5.82 Å². The molecule has 2 rings (SSSR count). The van der Waals surface area contributed by atoms with E-state index in [-0.39, 0.29) is 0 Å². The highest BCUT2D eigenvalue weighted by Crippen LogP contribution is 2.29. The average molecular weight is 357 g/mol. The van der Waals surface area contributed by atoms with Crippen LogP contribution >= 0.6 is 31.9 Å². The number of nitrogens with zero attached hydrogens (tertiary/aromatic N) is 1. The van der Waals surface area contributed by atoms with Gasteiger partial charge in [0.1, 0.15) is 0 Å². The number of pyridine rings is 1. The molecule has 0 amide bonds. The molecule has 0 radical (unpaired) electrons. The van der Waals surface area contributed by atoms with Crippen LogP contribution in [0.25, 0.3) is 0 Å². The predicted octanol–water partition coefficient (Wildman–Crippen LogP) is 4.24. The Labute approximate surface area is 117 Å². The molecular formula is C12H11Br2N3. The quantitative estimate of drug-likeness (QED) is 0.846. The van der Waals surface area contributed by atoms with Crippen LogP contribution in [0.3, 0.4) is 0 Å². The normalized spacial score (nSPS) is 10.3. The van der Waals surface area contributed by atoms with E-state index in [1.165, 1.54) is 5.56 Å². The molecule has 1 heterocycles. The van der Waals surface area contributed by atoms with Crippen LogP contribution in [0, 0.1) is 6.92 Å². The summed E-state index contributed by atoms with van der Waals surface area (Å²) in [5, 5.41) is 3.20. The van der Waals surface area contributed by atoms with Crippen molar-refractivity contribution in [1.82, 2.24) is 4.98 Å². The minimum atomic E-state index is 0.604. The molecule has 0 aliphatic carbocycles. The SMILES string of the molecule is Cc1ccc(Br)c(Nc2ncc(Br)cc2N)c1. The lowest BCUT2D eigenvalue weighted by Crippen LogP contribution is -1.99. The van der Waals surface area contributed by atoms with Crippen LogP contribution in [0.1, 0.15) is 5.56 Å². The number of nitrogen functional groups attached to an aromatic ring is 1. The van der Waals surface area contributed by atoms with Crippen molar-refractivity contribution in [3.05, 3.63) is 45.0 Å². The molecule has 3 N–H and O–H groups in total. The minimum absolute atomic E-state index is 0.604. The lowest BCUT2D eigenvalue weighted by Gasteiger charge is -2.10. The van der Waals surface area contributed by atoms with Gasteiger partial charge in [-0.15, -0.1) is 0 Å². The van der Waals surface area contributed by atoms with Gasteiger partial charge in [-0.1, -0.05) is 6.07 Å². The standard InChI is InChI=1S/C12H11Br2N3/c1-7-2-3-9(14)11(4-7)17-12-10(15)5-8(13)6-16-12/h2-6H,15H2,1H3,(H,16,17). The van der Waals surface area contributed by atoms with E-state index in [0.29, 0.717) is 11.5 Å². The Kier molecular flexibility index (Phi) is 3.69. The van der Waals surface area contributed by atoms with Crippen LogP contribution in [0.15, 0.2) is 39.4 Å². The summed E-state index contributed by atoms with van der Waals surface area (Å²) < 4.78 is 1.84. The van der Waals surface area contributed by atoms with Gasteiger partial charge in [0.05, 0.1) is 11.4 Å². The zero-order valence-electron chi connectivity index (χ0n) is 9.17. The van der Waals surface area contributed by atoms with Crippen molar-refractivity contribution in [2.24, 2.45) is 0 Å². The molecule has 0 saturated heterocycles. The molecule has 5 heteroatoms. The summed E-state index contributed by atoms with van der Waals surface area (Å²) in [7, 11) is 0. The van der Waals surface area contributed by atoms with E-state index in [0.717, 1.165) is 14.6 Å². The largest absolute Gasteiger partial charge is 0.396 e. The maximum absolute atomic E-state index is 5.89. The fourth-order valence-corrected chi connectivity index (χ4v) is 2.12. The van der Waals surface area contributed by atoms with E-state index < -0.39 is 0 Å². The van der Waals surface area contributed by atoms with Crippen molar-refractivity contribution in [3.63, 3.8) is 0 Å². The number of aromatic nitrogens is 1. The Morgan fingerprint density at radius 2 is 2.00 bits per heavy atom. The summed E-state index contributed by atoms with van der Waals surface area (Å²) in [6.45, 7) is 2.04. The lowest BCUT2D eigenvalue weighted by atomic mass is 10.2. The summed E-state index contributed by atoms with van der Waals surface area (Å²) in [5.41, 5.74) is 8.61.